The first-order chi connectivity index (χ1) is 13.7. The predicted octanol–water partition coefficient (Wildman–Crippen LogP) is 3.46. The Hall–Kier alpha value is -2.92. The lowest BCUT2D eigenvalue weighted by Crippen LogP contribution is -2.34. The number of aromatic nitrogens is 1. The number of carbonyl (C=O) groups is 1. The third kappa shape index (κ3) is 3.99. The van der Waals surface area contributed by atoms with Gasteiger partial charge in [0.1, 0.15) is 0 Å². The summed E-state index contributed by atoms with van der Waals surface area (Å²) in [5.74, 6) is 0.954. The molecule has 5 nitrogen and oxygen atoms in total. The van der Waals surface area contributed by atoms with Crippen molar-refractivity contribution in [2.45, 2.75) is 12.3 Å². The molecule has 1 aliphatic heterocycles. The van der Waals surface area contributed by atoms with E-state index in [4.69, 9.17) is 4.74 Å². The lowest BCUT2D eigenvalue weighted by Gasteiger charge is -2.17. The van der Waals surface area contributed by atoms with Crippen LogP contribution in [0.4, 0.5) is 0 Å². The van der Waals surface area contributed by atoms with Gasteiger partial charge in [0.15, 0.2) is 0 Å². The minimum atomic E-state index is -0.0873. The fourth-order valence-electron chi connectivity index (χ4n) is 3.90. The maximum Gasteiger partial charge on any atom is 0.252 e. The highest BCUT2D eigenvalue weighted by atomic mass is 16.5. The minimum absolute atomic E-state index is 0.0873. The van der Waals surface area contributed by atoms with Crippen LogP contribution in [0.15, 0.2) is 60.7 Å². The lowest BCUT2D eigenvalue weighted by molar-refractivity contribution is 0.0951. The minimum Gasteiger partial charge on any atom is -0.481 e. The summed E-state index contributed by atoms with van der Waals surface area (Å²) in [5, 5.41) is 3.90. The summed E-state index contributed by atoms with van der Waals surface area (Å²) >= 11 is 0. The van der Waals surface area contributed by atoms with Crippen LogP contribution < -0.4 is 10.1 Å². The van der Waals surface area contributed by atoms with Gasteiger partial charge < -0.3 is 15.0 Å². The number of hydrogen-bond donors (Lipinski definition) is 1. The average Bonchev–Trinajstić information content (AvgIpc) is 3.22. The Balaban J connectivity index is 1.36. The number of likely N-dealkylation sites (tertiary alicyclic amines) is 1. The number of nitrogens with one attached hydrogen (secondary N) is 1. The molecule has 2 aromatic carbocycles. The molecule has 0 bridgehead atoms. The molecule has 0 aliphatic carbocycles. The first kappa shape index (κ1) is 18.4. The van der Waals surface area contributed by atoms with Crippen molar-refractivity contribution in [3.63, 3.8) is 0 Å². The van der Waals surface area contributed by atoms with Crippen LogP contribution in [-0.4, -0.2) is 49.1 Å². The van der Waals surface area contributed by atoms with Crippen LogP contribution in [0.25, 0.3) is 10.9 Å². The van der Waals surface area contributed by atoms with Crippen molar-refractivity contribution in [3.8, 4) is 5.88 Å². The SMILES string of the molecule is COc1cc(C(=O)NCCN2CCC(c3ccccc3)C2)c2ccccc2n1. The largest absolute Gasteiger partial charge is 0.481 e. The first-order valence-electron chi connectivity index (χ1n) is 9.74. The number of carbonyl (C=O) groups excluding carboxylic acids is 1. The highest BCUT2D eigenvalue weighted by Crippen LogP contribution is 2.26. The van der Waals surface area contributed by atoms with Crippen LogP contribution in [0.2, 0.25) is 0 Å². The molecule has 4 rings (SSSR count). The van der Waals surface area contributed by atoms with E-state index in [9.17, 15) is 4.79 Å². The van der Waals surface area contributed by atoms with Crippen LogP contribution in [0.1, 0.15) is 28.3 Å². The molecule has 1 saturated heterocycles. The van der Waals surface area contributed by atoms with Crippen molar-refractivity contribution >= 4 is 16.8 Å². The smallest absolute Gasteiger partial charge is 0.252 e. The molecule has 1 atom stereocenters. The Bertz CT molecular complexity index is 958. The van der Waals surface area contributed by atoms with E-state index < -0.39 is 0 Å². The topological polar surface area (TPSA) is 54.5 Å². The first-order valence-corrected chi connectivity index (χ1v) is 9.74. The zero-order valence-electron chi connectivity index (χ0n) is 16.1. The molecule has 5 heteroatoms. The van der Waals surface area contributed by atoms with Gasteiger partial charge in [0.05, 0.1) is 18.2 Å². The molecule has 1 N–H and O–H groups in total. The summed E-state index contributed by atoms with van der Waals surface area (Å²) in [7, 11) is 1.56. The predicted molar refractivity (Wildman–Crippen MR) is 111 cm³/mol. The van der Waals surface area contributed by atoms with Gasteiger partial charge in [0, 0.05) is 31.1 Å². The summed E-state index contributed by atoms with van der Waals surface area (Å²) in [6, 6.07) is 20.0. The van der Waals surface area contributed by atoms with Crippen LogP contribution in [0, 0.1) is 0 Å². The Morgan fingerprint density at radius 2 is 1.96 bits per heavy atom. The number of pyridine rings is 1. The van der Waals surface area contributed by atoms with E-state index in [2.05, 4.69) is 45.5 Å². The average molecular weight is 375 g/mol. The van der Waals surface area contributed by atoms with Gasteiger partial charge >= 0.3 is 0 Å². The van der Waals surface area contributed by atoms with E-state index in [1.165, 1.54) is 12.0 Å². The van der Waals surface area contributed by atoms with Crippen molar-refractivity contribution in [3.05, 3.63) is 71.8 Å². The van der Waals surface area contributed by atoms with Crippen LogP contribution in [0.5, 0.6) is 5.88 Å². The zero-order chi connectivity index (χ0) is 19.3. The number of ether oxygens (including phenoxy) is 1. The number of rotatable bonds is 6. The Morgan fingerprint density at radius 1 is 1.18 bits per heavy atom. The molecule has 2 heterocycles. The second-order valence-corrected chi connectivity index (χ2v) is 7.18. The summed E-state index contributed by atoms with van der Waals surface area (Å²) in [4.78, 5) is 19.6. The van der Waals surface area contributed by atoms with Crippen LogP contribution in [-0.2, 0) is 0 Å². The third-order valence-electron chi connectivity index (χ3n) is 5.40. The second-order valence-electron chi connectivity index (χ2n) is 7.18. The normalized spacial score (nSPS) is 17.0. The molecule has 144 valence electrons. The number of amides is 1. The van der Waals surface area contributed by atoms with Gasteiger partial charge in [0.25, 0.3) is 5.91 Å². The van der Waals surface area contributed by atoms with E-state index in [0.29, 0.717) is 23.9 Å². The Labute approximate surface area is 165 Å². The van der Waals surface area contributed by atoms with Crippen molar-refractivity contribution in [2.24, 2.45) is 0 Å². The Kier molecular flexibility index (Phi) is 5.53. The number of fused-ring (bicyclic) bond motifs is 1. The van der Waals surface area contributed by atoms with Gasteiger partial charge in [-0.25, -0.2) is 4.98 Å². The molecule has 28 heavy (non-hydrogen) atoms. The van der Waals surface area contributed by atoms with Gasteiger partial charge in [-0.05, 0) is 30.5 Å². The summed E-state index contributed by atoms with van der Waals surface area (Å²) in [6.07, 6.45) is 1.17. The van der Waals surface area contributed by atoms with Crippen molar-refractivity contribution in [2.75, 3.05) is 33.3 Å². The fourth-order valence-corrected chi connectivity index (χ4v) is 3.90. The van der Waals surface area contributed by atoms with Gasteiger partial charge in [-0.15, -0.1) is 0 Å². The number of nitrogens with zero attached hydrogens (tertiary/aromatic N) is 2. The molecule has 1 aromatic heterocycles. The van der Waals surface area contributed by atoms with Gasteiger partial charge in [-0.3, -0.25) is 4.79 Å². The Morgan fingerprint density at radius 3 is 2.79 bits per heavy atom. The standard InChI is InChI=1S/C23H25N3O2/c1-28-22-15-20(19-9-5-6-10-21(19)25-22)23(27)24-12-14-26-13-11-18(16-26)17-7-3-2-4-8-17/h2-10,15,18H,11-14,16H2,1H3,(H,24,27). The van der Waals surface area contributed by atoms with Gasteiger partial charge in [-0.1, -0.05) is 48.5 Å². The molecular formula is C23H25N3O2. The number of benzene rings is 2. The van der Waals surface area contributed by atoms with Gasteiger partial charge in [-0.2, -0.15) is 0 Å². The molecule has 1 unspecified atom stereocenters. The number of methoxy groups -OCH3 is 1. The summed E-state index contributed by atoms with van der Waals surface area (Å²) in [5.41, 5.74) is 2.77. The van der Waals surface area contributed by atoms with E-state index >= 15 is 0 Å². The third-order valence-corrected chi connectivity index (χ3v) is 5.40. The highest BCUT2D eigenvalue weighted by Gasteiger charge is 2.23. The number of hydrogen-bond acceptors (Lipinski definition) is 4. The van der Waals surface area contributed by atoms with E-state index in [1.54, 1.807) is 13.2 Å². The molecule has 0 saturated carbocycles. The van der Waals surface area contributed by atoms with Crippen molar-refractivity contribution in [1.29, 1.82) is 0 Å². The summed E-state index contributed by atoms with van der Waals surface area (Å²) in [6.45, 7) is 3.60. The molecular weight excluding hydrogens is 350 g/mol. The molecule has 1 fully saturated rings. The zero-order valence-corrected chi connectivity index (χ0v) is 16.1. The van der Waals surface area contributed by atoms with Crippen LogP contribution >= 0.6 is 0 Å². The van der Waals surface area contributed by atoms with E-state index in [1.807, 2.05) is 24.3 Å². The lowest BCUT2D eigenvalue weighted by atomic mass is 9.99. The quantitative estimate of drug-likeness (QED) is 0.717. The second kappa shape index (κ2) is 8.40. The molecule has 0 radical (unpaired) electrons. The van der Waals surface area contributed by atoms with Crippen LogP contribution in [0.3, 0.4) is 0 Å². The fraction of sp³-hybridized carbons (Fsp3) is 0.304. The van der Waals surface area contributed by atoms with E-state index in [0.717, 1.165) is 30.5 Å². The maximum absolute atomic E-state index is 12.8. The molecule has 0 spiro atoms. The number of para-hydroxylation sites is 1. The highest BCUT2D eigenvalue weighted by molar-refractivity contribution is 6.06. The maximum atomic E-state index is 12.8. The monoisotopic (exact) mass is 375 g/mol. The summed E-state index contributed by atoms with van der Waals surface area (Å²) < 4.78 is 5.25. The van der Waals surface area contributed by atoms with E-state index in [-0.39, 0.29) is 5.91 Å². The molecule has 1 amide bonds. The van der Waals surface area contributed by atoms with Gasteiger partial charge in [0.2, 0.25) is 5.88 Å². The van der Waals surface area contributed by atoms with Crippen molar-refractivity contribution < 1.29 is 9.53 Å². The molecule has 3 aromatic rings. The van der Waals surface area contributed by atoms with Crippen molar-refractivity contribution in [1.82, 2.24) is 15.2 Å². The molecule has 1 aliphatic rings.